The van der Waals surface area contributed by atoms with Crippen LogP contribution in [0.2, 0.25) is 0 Å². The fourth-order valence-electron chi connectivity index (χ4n) is 1.20. The number of hydrogen-bond acceptors (Lipinski definition) is 0. The highest BCUT2D eigenvalue weighted by Gasteiger charge is 2.01. The van der Waals surface area contributed by atoms with Crippen molar-refractivity contribution in [2.24, 2.45) is 5.92 Å². The molecule has 1 aliphatic carbocycles. The zero-order chi connectivity index (χ0) is 8.10. The van der Waals surface area contributed by atoms with Gasteiger partial charge in [-0.3, -0.25) is 0 Å². The van der Waals surface area contributed by atoms with Gasteiger partial charge >= 0.3 is 0 Å². The first kappa shape index (κ1) is 8.58. The highest BCUT2D eigenvalue weighted by molar-refractivity contribution is 5.25. The fraction of sp³-hybridized carbons (Fsp3) is 0.545. The summed E-state index contributed by atoms with van der Waals surface area (Å²) in [6, 6.07) is 0. The van der Waals surface area contributed by atoms with Gasteiger partial charge in [0.25, 0.3) is 0 Å². The van der Waals surface area contributed by atoms with Gasteiger partial charge in [0.15, 0.2) is 0 Å². The minimum absolute atomic E-state index is 0.829. The number of rotatable bonds is 3. The molecule has 0 aromatic heterocycles. The van der Waals surface area contributed by atoms with Crippen LogP contribution < -0.4 is 0 Å². The summed E-state index contributed by atoms with van der Waals surface area (Å²) < 4.78 is 0. The molecule has 0 spiro atoms. The lowest BCUT2D eigenvalue weighted by Crippen LogP contribution is -1.92. The van der Waals surface area contributed by atoms with Gasteiger partial charge in [-0.2, -0.15) is 0 Å². The first-order valence-corrected chi connectivity index (χ1v) is 4.48. The van der Waals surface area contributed by atoms with E-state index in [0.29, 0.717) is 0 Å². The van der Waals surface area contributed by atoms with E-state index in [0.717, 1.165) is 12.3 Å². The lowest BCUT2D eigenvalue weighted by molar-refractivity contribution is 0.585. The molecule has 0 heterocycles. The average Bonchev–Trinajstić information content (AvgIpc) is 2.03. The van der Waals surface area contributed by atoms with Crippen LogP contribution in [0.4, 0.5) is 0 Å². The van der Waals surface area contributed by atoms with E-state index < -0.39 is 0 Å². The van der Waals surface area contributed by atoms with Crippen LogP contribution in [0.3, 0.4) is 0 Å². The second kappa shape index (κ2) is 4.38. The van der Waals surface area contributed by atoms with Crippen molar-refractivity contribution in [3.05, 3.63) is 30.2 Å². The molecule has 1 radical (unpaired) electrons. The SMILES string of the molecule is CC(C)CCC1=CC=CC[CH]1. The van der Waals surface area contributed by atoms with Crippen molar-refractivity contribution < 1.29 is 0 Å². The molecule has 0 atom stereocenters. The average molecular weight is 149 g/mol. The second-order valence-electron chi connectivity index (χ2n) is 3.54. The molecular formula is C11H17. The molecule has 0 aromatic rings. The maximum atomic E-state index is 2.32. The number of allylic oxidation sites excluding steroid dienone is 4. The molecule has 0 heteroatoms. The Morgan fingerprint density at radius 3 is 2.82 bits per heavy atom. The minimum atomic E-state index is 0.829. The predicted octanol–water partition coefficient (Wildman–Crippen LogP) is 3.51. The first-order chi connectivity index (χ1) is 5.29. The van der Waals surface area contributed by atoms with E-state index >= 15 is 0 Å². The summed E-state index contributed by atoms with van der Waals surface area (Å²) in [7, 11) is 0. The van der Waals surface area contributed by atoms with Crippen LogP contribution >= 0.6 is 0 Å². The zero-order valence-electron chi connectivity index (χ0n) is 7.51. The Balaban J connectivity index is 2.25. The lowest BCUT2D eigenvalue weighted by Gasteiger charge is -2.09. The van der Waals surface area contributed by atoms with E-state index in [4.69, 9.17) is 0 Å². The van der Waals surface area contributed by atoms with Crippen LogP contribution in [0.25, 0.3) is 0 Å². The maximum absolute atomic E-state index is 2.32. The van der Waals surface area contributed by atoms with Crippen molar-refractivity contribution in [2.75, 3.05) is 0 Å². The summed E-state index contributed by atoms with van der Waals surface area (Å²) in [5, 5.41) is 0. The van der Waals surface area contributed by atoms with E-state index in [9.17, 15) is 0 Å². The van der Waals surface area contributed by atoms with Gasteiger partial charge in [0.2, 0.25) is 0 Å². The van der Waals surface area contributed by atoms with Crippen molar-refractivity contribution in [3.8, 4) is 0 Å². The second-order valence-corrected chi connectivity index (χ2v) is 3.54. The van der Waals surface area contributed by atoms with Gasteiger partial charge in [0, 0.05) is 0 Å². The molecule has 0 amide bonds. The third-order valence-corrected chi connectivity index (χ3v) is 1.97. The van der Waals surface area contributed by atoms with Crippen molar-refractivity contribution in [1.82, 2.24) is 0 Å². The Morgan fingerprint density at radius 1 is 1.45 bits per heavy atom. The van der Waals surface area contributed by atoms with Gasteiger partial charge in [-0.15, -0.1) is 0 Å². The quantitative estimate of drug-likeness (QED) is 0.576. The summed E-state index contributed by atoms with van der Waals surface area (Å²) in [6.07, 6.45) is 12.6. The highest BCUT2D eigenvalue weighted by atomic mass is 14.1. The van der Waals surface area contributed by atoms with E-state index in [1.165, 1.54) is 18.4 Å². The van der Waals surface area contributed by atoms with Crippen molar-refractivity contribution >= 4 is 0 Å². The Bertz CT molecular complexity index is 161. The van der Waals surface area contributed by atoms with Crippen molar-refractivity contribution in [1.29, 1.82) is 0 Å². The Morgan fingerprint density at radius 2 is 2.27 bits per heavy atom. The molecule has 1 rings (SSSR count). The molecular weight excluding hydrogens is 132 g/mol. The van der Waals surface area contributed by atoms with Gasteiger partial charge in [-0.1, -0.05) is 37.6 Å². The topological polar surface area (TPSA) is 0 Å². The van der Waals surface area contributed by atoms with Crippen molar-refractivity contribution in [2.45, 2.75) is 33.1 Å². The van der Waals surface area contributed by atoms with E-state index in [1.54, 1.807) is 0 Å². The molecule has 0 N–H and O–H groups in total. The predicted molar refractivity (Wildman–Crippen MR) is 50.2 cm³/mol. The summed E-state index contributed by atoms with van der Waals surface area (Å²) >= 11 is 0. The first-order valence-electron chi connectivity index (χ1n) is 4.48. The molecule has 1 aliphatic rings. The molecule has 0 aromatic carbocycles. The zero-order valence-corrected chi connectivity index (χ0v) is 7.51. The molecule has 0 nitrogen and oxygen atoms in total. The van der Waals surface area contributed by atoms with Crippen LogP contribution in [0.15, 0.2) is 23.8 Å². The Labute approximate surface area is 70.0 Å². The molecule has 0 fully saturated rings. The molecule has 0 saturated carbocycles. The van der Waals surface area contributed by atoms with E-state index in [1.807, 2.05) is 0 Å². The normalized spacial score (nSPS) is 17.2. The van der Waals surface area contributed by atoms with Crippen LogP contribution in [-0.2, 0) is 0 Å². The smallest absolute Gasteiger partial charge is 0.00967 e. The molecule has 11 heavy (non-hydrogen) atoms. The maximum Gasteiger partial charge on any atom is -0.00967 e. The van der Waals surface area contributed by atoms with E-state index in [2.05, 4.69) is 38.5 Å². The van der Waals surface area contributed by atoms with Gasteiger partial charge in [-0.25, -0.2) is 0 Å². The van der Waals surface area contributed by atoms with Crippen molar-refractivity contribution in [3.63, 3.8) is 0 Å². The highest BCUT2D eigenvalue weighted by Crippen LogP contribution is 2.18. The summed E-state index contributed by atoms with van der Waals surface area (Å²) in [6.45, 7) is 4.55. The van der Waals surface area contributed by atoms with Gasteiger partial charge < -0.3 is 0 Å². The minimum Gasteiger partial charge on any atom is -0.0839 e. The van der Waals surface area contributed by atoms with Crippen LogP contribution in [0.5, 0.6) is 0 Å². The molecule has 0 aliphatic heterocycles. The summed E-state index contributed by atoms with van der Waals surface area (Å²) in [5.74, 6) is 0.829. The summed E-state index contributed by atoms with van der Waals surface area (Å²) in [4.78, 5) is 0. The van der Waals surface area contributed by atoms with Crippen LogP contribution in [0.1, 0.15) is 33.1 Å². The molecule has 0 bridgehead atoms. The van der Waals surface area contributed by atoms with Crippen LogP contribution in [0, 0.1) is 12.3 Å². The molecule has 0 saturated heterocycles. The van der Waals surface area contributed by atoms with Gasteiger partial charge in [0.1, 0.15) is 0 Å². The van der Waals surface area contributed by atoms with Gasteiger partial charge in [0.05, 0.1) is 0 Å². The lowest BCUT2D eigenvalue weighted by atomic mass is 9.97. The third-order valence-electron chi connectivity index (χ3n) is 1.97. The van der Waals surface area contributed by atoms with E-state index in [-0.39, 0.29) is 0 Å². The Hall–Kier alpha value is -0.520. The van der Waals surface area contributed by atoms with Gasteiger partial charge in [-0.05, 0) is 31.6 Å². The fourth-order valence-corrected chi connectivity index (χ4v) is 1.20. The third kappa shape index (κ3) is 3.41. The Kier molecular flexibility index (Phi) is 3.41. The number of hydrogen-bond donors (Lipinski definition) is 0. The van der Waals surface area contributed by atoms with Crippen LogP contribution in [-0.4, -0.2) is 0 Å². The molecule has 0 unspecified atom stereocenters. The monoisotopic (exact) mass is 149 g/mol. The molecule has 61 valence electrons. The standard InChI is InChI=1S/C11H17/c1-10(2)8-9-11-6-4-3-5-7-11/h3-4,6-7,10H,5,8-9H2,1-2H3. The summed E-state index contributed by atoms with van der Waals surface area (Å²) in [5.41, 5.74) is 1.52. The largest absolute Gasteiger partial charge is 0.0839 e.